The zero-order chi connectivity index (χ0) is 21.1. The van der Waals surface area contributed by atoms with E-state index in [1.165, 1.54) is 14.2 Å². The van der Waals surface area contributed by atoms with E-state index in [2.05, 4.69) is 25.5 Å². The van der Waals surface area contributed by atoms with E-state index in [9.17, 15) is 9.59 Å². The number of piperidine rings is 1. The van der Waals surface area contributed by atoms with Crippen LogP contribution in [-0.4, -0.2) is 59.0 Å². The molecule has 1 aromatic carbocycles. The van der Waals surface area contributed by atoms with Gasteiger partial charge in [0.2, 0.25) is 5.91 Å². The van der Waals surface area contributed by atoms with Crippen molar-refractivity contribution in [3.05, 3.63) is 42.2 Å². The highest BCUT2D eigenvalue weighted by molar-refractivity contribution is 6.02. The van der Waals surface area contributed by atoms with Gasteiger partial charge >= 0.3 is 5.97 Å². The lowest BCUT2D eigenvalue weighted by molar-refractivity contribution is -0.120. The maximum Gasteiger partial charge on any atom is 0.340 e. The molecule has 156 valence electrons. The molecule has 1 amide bonds. The standard InChI is InChI=1S/C20H22N6O4/c1-29-14-3-4-16(15(11-14)20(28)30-2)22-19(27)13-7-9-25(10-8-13)18-6-5-17-23-21-12-26(17)24-18/h3-6,11-13H,7-10H2,1-2H3,(H,22,27). The molecule has 4 rings (SSSR count). The van der Waals surface area contributed by atoms with Crippen LogP contribution >= 0.6 is 0 Å². The van der Waals surface area contributed by atoms with Crippen molar-refractivity contribution in [1.29, 1.82) is 0 Å². The number of benzene rings is 1. The van der Waals surface area contributed by atoms with Crippen LogP contribution in [0, 0.1) is 5.92 Å². The molecule has 0 unspecified atom stereocenters. The van der Waals surface area contributed by atoms with Crippen LogP contribution in [0.3, 0.4) is 0 Å². The van der Waals surface area contributed by atoms with Gasteiger partial charge in [0.05, 0.1) is 25.5 Å². The Hall–Kier alpha value is -3.69. The van der Waals surface area contributed by atoms with Crippen molar-refractivity contribution in [2.75, 3.05) is 37.5 Å². The Kier molecular flexibility index (Phi) is 5.46. The third-order valence-electron chi connectivity index (χ3n) is 5.23. The summed E-state index contributed by atoms with van der Waals surface area (Å²) in [5.41, 5.74) is 1.36. The molecule has 0 bridgehead atoms. The minimum Gasteiger partial charge on any atom is -0.497 e. The van der Waals surface area contributed by atoms with E-state index in [1.54, 1.807) is 29.0 Å². The van der Waals surface area contributed by atoms with Crippen LogP contribution in [-0.2, 0) is 9.53 Å². The molecule has 1 N–H and O–H groups in total. The Labute approximate surface area is 172 Å². The predicted octanol–water partition coefficient (Wildman–Crippen LogP) is 1.77. The van der Waals surface area contributed by atoms with Crippen molar-refractivity contribution in [2.24, 2.45) is 5.92 Å². The molecule has 0 radical (unpaired) electrons. The highest BCUT2D eigenvalue weighted by Gasteiger charge is 2.27. The van der Waals surface area contributed by atoms with Gasteiger partial charge in [-0.3, -0.25) is 4.79 Å². The number of fused-ring (bicyclic) bond motifs is 1. The number of nitrogens with one attached hydrogen (secondary N) is 1. The summed E-state index contributed by atoms with van der Waals surface area (Å²) in [5, 5.41) is 15.2. The first-order valence-corrected chi connectivity index (χ1v) is 9.58. The summed E-state index contributed by atoms with van der Waals surface area (Å²) in [6, 6.07) is 8.67. The second-order valence-electron chi connectivity index (χ2n) is 6.98. The molecular weight excluding hydrogens is 388 g/mol. The minimum atomic E-state index is -0.533. The normalized spacial score (nSPS) is 14.5. The Morgan fingerprint density at radius 2 is 1.93 bits per heavy atom. The number of nitrogens with zero attached hydrogens (tertiary/aromatic N) is 5. The Balaban J connectivity index is 1.41. The van der Waals surface area contributed by atoms with Crippen LogP contribution in [0.2, 0.25) is 0 Å². The molecule has 0 atom stereocenters. The zero-order valence-corrected chi connectivity index (χ0v) is 16.7. The van der Waals surface area contributed by atoms with Gasteiger partial charge in [0.15, 0.2) is 5.65 Å². The highest BCUT2D eigenvalue weighted by atomic mass is 16.5. The van der Waals surface area contributed by atoms with Crippen molar-refractivity contribution >= 4 is 29.0 Å². The van der Waals surface area contributed by atoms with Crippen molar-refractivity contribution in [1.82, 2.24) is 19.8 Å². The van der Waals surface area contributed by atoms with E-state index in [-0.39, 0.29) is 17.4 Å². The first-order valence-electron chi connectivity index (χ1n) is 9.58. The molecule has 0 saturated carbocycles. The number of aromatic nitrogens is 4. The number of rotatable bonds is 5. The van der Waals surface area contributed by atoms with Gasteiger partial charge in [0, 0.05) is 19.0 Å². The molecule has 1 aliphatic rings. The molecule has 2 aromatic heterocycles. The number of hydrogen-bond donors (Lipinski definition) is 1. The van der Waals surface area contributed by atoms with Gasteiger partial charge in [0.25, 0.3) is 0 Å². The number of anilines is 2. The zero-order valence-electron chi connectivity index (χ0n) is 16.7. The molecule has 10 heteroatoms. The van der Waals surface area contributed by atoms with Crippen molar-refractivity contribution in [3.63, 3.8) is 0 Å². The van der Waals surface area contributed by atoms with E-state index in [4.69, 9.17) is 9.47 Å². The maximum atomic E-state index is 12.8. The summed E-state index contributed by atoms with van der Waals surface area (Å²) in [6.45, 7) is 1.40. The topological polar surface area (TPSA) is 111 Å². The fourth-order valence-corrected chi connectivity index (χ4v) is 3.53. The second-order valence-corrected chi connectivity index (χ2v) is 6.98. The van der Waals surface area contributed by atoms with Gasteiger partial charge in [-0.1, -0.05) is 0 Å². The summed E-state index contributed by atoms with van der Waals surface area (Å²) < 4.78 is 11.6. The first kappa shape index (κ1) is 19.6. The summed E-state index contributed by atoms with van der Waals surface area (Å²) in [5.74, 6) is 0.526. The van der Waals surface area contributed by atoms with Crippen molar-refractivity contribution in [3.8, 4) is 5.75 Å². The summed E-state index contributed by atoms with van der Waals surface area (Å²) in [4.78, 5) is 27.0. The molecule has 1 saturated heterocycles. The van der Waals surface area contributed by atoms with Crippen LogP contribution in [0.5, 0.6) is 5.75 Å². The van der Waals surface area contributed by atoms with E-state index in [0.717, 1.165) is 5.82 Å². The van der Waals surface area contributed by atoms with E-state index in [0.29, 0.717) is 43.0 Å². The largest absolute Gasteiger partial charge is 0.497 e. The number of ether oxygens (including phenoxy) is 2. The van der Waals surface area contributed by atoms with Crippen LogP contribution in [0.4, 0.5) is 11.5 Å². The fraction of sp³-hybridized carbons (Fsp3) is 0.350. The quantitative estimate of drug-likeness (QED) is 0.634. The molecule has 0 spiro atoms. The predicted molar refractivity (Wildman–Crippen MR) is 109 cm³/mol. The minimum absolute atomic E-state index is 0.118. The molecule has 3 aromatic rings. The van der Waals surface area contributed by atoms with Crippen LogP contribution < -0.4 is 15.0 Å². The number of carbonyl (C=O) groups is 2. The highest BCUT2D eigenvalue weighted by Crippen LogP contribution is 2.26. The number of methoxy groups -OCH3 is 2. The van der Waals surface area contributed by atoms with Gasteiger partial charge in [-0.05, 0) is 43.2 Å². The average molecular weight is 410 g/mol. The summed E-state index contributed by atoms with van der Waals surface area (Å²) in [6.07, 6.45) is 2.92. The van der Waals surface area contributed by atoms with Crippen LogP contribution in [0.1, 0.15) is 23.2 Å². The summed E-state index contributed by atoms with van der Waals surface area (Å²) >= 11 is 0. The molecule has 1 aliphatic heterocycles. The van der Waals surface area contributed by atoms with Gasteiger partial charge < -0.3 is 19.7 Å². The van der Waals surface area contributed by atoms with Gasteiger partial charge in [0.1, 0.15) is 17.9 Å². The molecule has 30 heavy (non-hydrogen) atoms. The molecule has 1 fully saturated rings. The fourth-order valence-electron chi connectivity index (χ4n) is 3.53. The Bertz CT molecular complexity index is 1070. The van der Waals surface area contributed by atoms with Gasteiger partial charge in [-0.25, -0.2) is 4.79 Å². The third-order valence-corrected chi connectivity index (χ3v) is 5.23. The second kappa shape index (κ2) is 8.36. The first-order chi connectivity index (χ1) is 14.6. The molecule has 10 nitrogen and oxygen atoms in total. The number of carbonyl (C=O) groups excluding carboxylic acids is 2. The number of amides is 1. The monoisotopic (exact) mass is 410 g/mol. The SMILES string of the molecule is COC(=O)c1cc(OC)ccc1NC(=O)C1CCN(c2ccc3nncn3n2)CC1. The summed E-state index contributed by atoms with van der Waals surface area (Å²) in [7, 11) is 2.81. The lowest BCUT2D eigenvalue weighted by Gasteiger charge is -2.32. The van der Waals surface area contributed by atoms with Crippen molar-refractivity contribution in [2.45, 2.75) is 12.8 Å². The lowest BCUT2D eigenvalue weighted by atomic mass is 9.95. The average Bonchev–Trinajstić information content (AvgIpc) is 3.27. The van der Waals surface area contributed by atoms with E-state index in [1.807, 2.05) is 12.1 Å². The lowest BCUT2D eigenvalue weighted by Crippen LogP contribution is -2.38. The Morgan fingerprint density at radius 1 is 1.13 bits per heavy atom. The van der Waals surface area contributed by atoms with E-state index < -0.39 is 5.97 Å². The van der Waals surface area contributed by atoms with E-state index >= 15 is 0 Å². The molecular formula is C20H22N6O4. The Morgan fingerprint density at radius 3 is 2.67 bits per heavy atom. The van der Waals surface area contributed by atoms with Gasteiger partial charge in [-0.2, -0.15) is 4.52 Å². The number of hydrogen-bond acceptors (Lipinski definition) is 8. The maximum absolute atomic E-state index is 12.8. The third kappa shape index (κ3) is 3.88. The van der Waals surface area contributed by atoms with Crippen LogP contribution in [0.15, 0.2) is 36.7 Å². The number of esters is 1. The smallest absolute Gasteiger partial charge is 0.340 e. The van der Waals surface area contributed by atoms with Crippen LogP contribution in [0.25, 0.3) is 5.65 Å². The molecule has 3 heterocycles. The van der Waals surface area contributed by atoms with Gasteiger partial charge in [-0.15, -0.1) is 15.3 Å². The van der Waals surface area contributed by atoms with Crippen molar-refractivity contribution < 1.29 is 19.1 Å². The molecule has 0 aliphatic carbocycles.